The first kappa shape index (κ1) is 16.5. The minimum atomic E-state index is -0.546. The van der Waals surface area contributed by atoms with Crippen molar-refractivity contribution in [3.05, 3.63) is 48.0 Å². The maximum Gasteiger partial charge on any atom is 0.265 e. The highest BCUT2D eigenvalue weighted by atomic mass is 16.5. The summed E-state index contributed by atoms with van der Waals surface area (Å²) in [5.41, 5.74) is 2.11. The third kappa shape index (κ3) is 3.77. The van der Waals surface area contributed by atoms with Gasteiger partial charge in [0.2, 0.25) is 5.91 Å². The Hall–Kier alpha value is -3.35. The van der Waals surface area contributed by atoms with Gasteiger partial charge in [-0.25, -0.2) is 0 Å². The van der Waals surface area contributed by atoms with Crippen molar-refractivity contribution in [3.8, 4) is 5.75 Å². The molecule has 0 aliphatic carbocycles. The van der Waals surface area contributed by atoms with Crippen LogP contribution in [-0.2, 0) is 9.59 Å². The highest BCUT2D eigenvalue weighted by Gasteiger charge is 2.23. The number of anilines is 3. The summed E-state index contributed by atoms with van der Waals surface area (Å²) in [5.74, 6) is -0.148. The molecule has 0 fully saturated rings. The smallest absolute Gasteiger partial charge is 0.265 e. The summed E-state index contributed by atoms with van der Waals surface area (Å²) < 4.78 is 5.47. The van der Waals surface area contributed by atoms with E-state index in [2.05, 4.69) is 16.0 Å². The van der Waals surface area contributed by atoms with Gasteiger partial charge in [0.05, 0.1) is 5.69 Å². The van der Waals surface area contributed by atoms with Gasteiger partial charge in [-0.1, -0.05) is 0 Å². The minimum Gasteiger partial charge on any atom is -0.479 e. The highest BCUT2D eigenvalue weighted by molar-refractivity contribution is 6.05. The lowest BCUT2D eigenvalue weighted by Gasteiger charge is -2.23. The molecule has 2 aromatic carbocycles. The maximum atomic E-state index is 12.3. The number of carbonyl (C=O) groups excluding carboxylic acids is 3. The molecule has 0 radical (unpaired) electrons. The van der Waals surface area contributed by atoms with E-state index in [1.54, 1.807) is 49.4 Å². The molecular weight excluding hydrogens is 322 g/mol. The van der Waals surface area contributed by atoms with Gasteiger partial charge < -0.3 is 20.7 Å². The van der Waals surface area contributed by atoms with Crippen LogP contribution in [0.1, 0.15) is 24.2 Å². The molecule has 0 unspecified atom stereocenters. The first-order valence-corrected chi connectivity index (χ1v) is 7.73. The van der Waals surface area contributed by atoms with Gasteiger partial charge in [0.25, 0.3) is 11.8 Å². The Morgan fingerprint density at radius 2 is 1.72 bits per heavy atom. The number of carbonyl (C=O) groups is 3. The number of hydrogen-bond donors (Lipinski definition) is 3. The molecule has 0 saturated carbocycles. The summed E-state index contributed by atoms with van der Waals surface area (Å²) in [4.78, 5) is 35.0. The monoisotopic (exact) mass is 339 g/mol. The normalized spacial score (nSPS) is 15.4. The van der Waals surface area contributed by atoms with Crippen LogP contribution in [0.4, 0.5) is 17.1 Å². The molecule has 3 amide bonds. The second kappa shape index (κ2) is 6.64. The van der Waals surface area contributed by atoms with Gasteiger partial charge >= 0.3 is 0 Å². The number of benzene rings is 2. The van der Waals surface area contributed by atoms with E-state index < -0.39 is 6.10 Å². The quantitative estimate of drug-likeness (QED) is 0.801. The molecule has 0 aromatic heterocycles. The molecule has 1 heterocycles. The van der Waals surface area contributed by atoms with Crippen LogP contribution in [-0.4, -0.2) is 23.8 Å². The Morgan fingerprint density at radius 3 is 2.40 bits per heavy atom. The molecular formula is C18H17N3O4. The van der Waals surface area contributed by atoms with Crippen molar-refractivity contribution >= 4 is 34.8 Å². The largest absolute Gasteiger partial charge is 0.479 e. The molecule has 0 saturated heterocycles. The molecule has 3 rings (SSSR count). The van der Waals surface area contributed by atoms with Crippen molar-refractivity contribution in [1.29, 1.82) is 0 Å². The Bertz CT molecular complexity index is 846. The number of nitrogens with one attached hydrogen (secondary N) is 3. The van der Waals surface area contributed by atoms with Crippen molar-refractivity contribution in [2.24, 2.45) is 0 Å². The van der Waals surface area contributed by atoms with Crippen molar-refractivity contribution in [2.75, 3.05) is 16.0 Å². The maximum absolute atomic E-state index is 12.3. The van der Waals surface area contributed by atoms with Gasteiger partial charge in [0, 0.05) is 23.9 Å². The fourth-order valence-electron chi connectivity index (χ4n) is 2.40. The minimum absolute atomic E-state index is 0.176. The van der Waals surface area contributed by atoms with Crippen molar-refractivity contribution < 1.29 is 19.1 Å². The SMILES string of the molecule is CC(=O)Nc1ccc(C(=O)Nc2ccc3c(c2)NC(=O)[C@H](C)O3)cc1. The van der Waals surface area contributed by atoms with E-state index in [4.69, 9.17) is 4.74 Å². The van der Waals surface area contributed by atoms with Crippen LogP contribution in [0.2, 0.25) is 0 Å². The summed E-state index contributed by atoms with van der Waals surface area (Å²) in [7, 11) is 0. The predicted octanol–water partition coefficient (Wildman–Crippen LogP) is 2.62. The number of amides is 3. The van der Waals surface area contributed by atoms with E-state index >= 15 is 0 Å². The molecule has 3 N–H and O–H groups in total. The topological polar surface area (TPSA) is 96.5 Å². The van der Waals surface area contributed by atoms with Gasteiger partial charge in [0.15, 0.2) is 6.10 Å². The highest BCUT2D eigenvalue weighted by Crippen LogP contribution is 2.32. The van der Waals surface area contributed by atoms with Crippen LogP contribution in [0.3, 0.4) is 0 Å². The van der Waals surface area contributed by atoms with E-state index in [1.807, 2.05) is 0 Å². The van der Waals surface area contributed by atoms with E-state index in [1.165, 1.54) is 6.92 Å². The summed E-state index contributed by atoms with van der Waals surface area (Å²) in [6.45, 7) is 3.08. The summed E-state index contributed by atoms with van der Waals surface area (Å²) in [6.07, 6.45) is -0.546. The van der Waals surface area contributed by atoms with Crippen LogP contribution >= 0.6 is 0 Å². The molecule has 128 valence electrons. The Morgan fingerprint density at radius 1 is 1.04 bits per heavy atom. The number of fused-ring (bicyclic) bond motifs is 1. The van der Waals surface area contributed by atoms with Crippen LogP contribution in [0.25, 0.3) is 0 Å². The average molecular weight is 339 g/mol. The second-order valence-electron chi connectivity index (χ2n) is 5.67. The number of ether oxygens (including phenoxy) is 1. The standard InChI is InChI=1S/C18H17N3O4/c1-10-17(23)21-15-9-14(7-8-16(15)25-10)20-18(24)12-3-5-13(6-4-12)19-11(2)22/h3-10H,1-2H3,(H,19,22)(H,20,24)(H,21,23)/t10-/m0/s1. The molecule has 1 aliphatic heterocycles. The lowest BCUT2D eigenvalue weighted by Crippen LogP contribution is -2.34. The molecule has 7 heteroatoms. The first-order valence-electron chi connectivity index (χ1n) is 7.73. The summed E-state index contributed by atoms with van der Waals surface area (Å²) in [5, 5.41) is 8.13. The molecule has 0 spiro atoms. The summed E-state index contributed by atoms with van der Waals surface area (Å²) >= 11 is 0. The third-order valence-electron chi connectivity index (χ3n) is 3.64. The molecule has 2 aromatic rings. The zero-order valence-corrected chi connectivity index (χ0v) is 13.8. The van der Waals surface area contributed by atoms with E-state index in [9.17, 15) is 14.4 Å². The molecule has 7 nitrogen and oxygen atoms in total. The lowest BCUT2D eigenvalue weighted by atomic mass is 10.1. The van der Waals surface area contributed by atoms with Gasteiger partial charge in [-0.3, -0.25) is 14.4 Å². The van der Waals surface area contributed by atoms with Crippen LogP contribution in [0, 0.1) is 0 Å². The van der Waals surface area contributed by atoms with Crippen LogP contribution in [0.15, 0.2) is 42.5 Å². The molecule has 1 aliphatic rings. The molecule has 25 heavy (non-hydrogen) atoms. The zero-order chi connectivity index (χ0) is 18.0. The van der Waals surface area contributed by atoms with E-state index in [0.29, 0.717) is 28.4 Å². The first-order chi connectivity index (χ1) is 11.9. The Kier molecular flexibility index (Phi) is 4.38. The summed E-state index contributed by atoms with van der Waals surface area (Å²) in [6, 6.07) is 11.6. The Labute approximate surface area is 144 Å². The predicted molar refractivity (Wildman–Crippen MR) is 93.9 cm³/mol. The van der Waals surface area contributed by atoms with Crippen molar-refractivity contribution in [2.45, 2.75) is 20.0 Å². The second-order valence-corrected chi connectivity index (χ2v) is 5.67. The average Bonchev–Trinajstić information content (AvgIpc) is 2.56. The lowest BCUT2D eigenvalue weighted by molar-refractivity contribution is -0.122. The fraction of sp³-hybridized carbons (Fsp3) is 0.167. The van der Waals surface area contributed by atoms with Crippen LogP contribution < -0.4 is 20.7 Å². The van der Waals surface area contributed by atoms with Gasteiger partial charge in [-0.15, -0.1) is 0 Å². The van der Waals surface area contributed by atoms with Crippen molar-refractivity contribution in [3.63, 3.8) is 0 Å². The van der Waals surface area contributed by atoms with Crippen molar-refractivity contribution in [1.82, 2.24) is 0 Å². The Balaban J connectivity index is 1.72. The van der Waals surface area contributed by atoms with E-state index in [0.717, 1.165) is 0 Å². The van der Waals surface area contributed by atoms with Gasteiger partial charge in [-0.05, 0) is 49.4 Å². The van der Waals surface area contributed by atoms with Gasteiger partial charge in [0.1, 0.15) is 5.75 Å². The molecule has 1 atom stereocenters. The number of rotatable bonds is 3. The van der Waals surface area contributed by atoms with Gasteiger partial charge in [-0.2, -0.15) is 0 Å². The van der Waals surface area contributed by atoms with E-state index in [-0.39, 0.29) is 17.7 Å². The zero-order valence-electron chi connectivity index (χ0n) is 13.8. The van der Waals surface area contributed by atoms with Crippen LogP contribution in [0.5, 0.6) is 5.75 Å². The third-order valence-corrected chi connectivity index (χ3v) is 3.64. The molecule has 0 bridgehead atoms. The fourth-order valence-corrected chi connectivity index (χ4v) is 2.40. The number of hydrogen-bond acceptors (Lipinski definition) is 4.